The van der Waals surface area contributed by atoms with Gasteiger partial charge in [0.2, 0.25) is 11.8 Å². The van der Waals surface area contributed by atoms with Crippen LogP contribution in [0, 0.1) is 5.92 Å². The summed E-state index contributed by atoms with van der Waals surface area (Å²) in [6, 6.07) is 11.1. The standard InChI is InChI=1S/C21H22N4O3/c26-19-11-17(20(27)24-19)10-14-3-5-15(6-4-14)21(28)25-9-8-23-13-18(25)16-2-1-7-22-12-16/h1-7,12,17-18,23H,8-11,13H2,(H,24,26,27). The summed E-state index contributed by atoms with van der Waals surface area (Å²) in [5.41, 5.74) is 2.57. The number of piperazine rings is 1. The van der Waals surface area contributed by atoms with Gasteiger partial charge in [0.15, 0.2) is 0 Å². The Morgan fingerprint density at radius 3 is 2.68 bits per heavy atom. The molecule has 28 heavy (non-hydrogen) atoms. The van der Waals surface area contributed by atoms with Gasteiger partial charge in [-0.3, -0.25) is 24.7 Å². The van der Waals surface area contributed by atoms with Gasteiger partial charge in [-0.25, -0.2) is 0 Å². The summed E-state index contributed by atoms with van der Waals surface area (Å²) in [7, 11) is 0. The predicted octanol–water partition coefficient (Wildman–Crippen LogP) is 1.07. The van der Waals surface area contributed by atoms with Crippen molar-refractivity contribution in [1.82, 2.24) is 20.5 Å². The van der Waals surface area contributed by atoms with Crippen LogP contribution in [-0.4, -0.2) is 47.2 Å². The van der Waals surface area contributed by atoms with Crippen molar-refractivity contribution in [2.75, 3.05) is 19.6 Å². The minimum Gasteiger partial charge on any atom is -0.329 e. The Balaban J connectivity index is 1.48. The summed E-state index contributed by atoms with van der Waals surface area (Å²) in [4.78, 5) is 42.2. The van der Waals surface area contributed by atoms with E-state index in [1.54, 1.807) is 24.5 Å². The normalized spacial score (nSPS) is 22.2. The number of rotatable bonds is 4. The highest BCUT2D eigenvalue weighted by Crippen LogP contribution is 2.24. The van der Waals surface area contributed by atoms with Crippen molar-refractivity contribution >= 4 is 17.7 Å². The first-order chi connectivity index (χ1) is 13.6. The Labute approximate surface area is 163 Å². The minimum atomic E-state index is -0.322. The summed E-state index contributed by atoms with van der Waals surface area (Å²) >= 11 is 0. The van der Waals surface area contributed by atoms with Crippen molar-refractivity contribution in [1.29, 1.82) is 0 Å². The predicted molar refractivity (Wildman–Crippen MR) is 102 cm³/mol. The van der Waals surface area contributed by atoms with Crippen LogP contribution in [0.4, 0.5) is 0 Å². The molecule has 3 amide bonds. The zero-order valence-corrected chi connectivity index (χ0v) is 15.4. The lowest BCUT2D eigenvalue weighted by molar-refractivity contribution is -0.125. The third-order valence-corrected chi connectivity index (χ3v) is 5.32. The summed E-state index contributed by atoms with van der Waals surface area (Å²) in [6.07, 6.45) is 4.25. The second kappa shape index (κ2) is 7.90. The van der Waals surface area contributed by atoms with E-state index >= 15 is 0 Å². The highest BCUT2D eigenvalue weighted by molar-refractivity contribution is 6.03. The van der Waals surface area contributed by atoms with Gasteiger partial charge in [0, 0.05) is 44.0 Å². The van der Waals surface area contributed by atoms with Crippen molar-refractivity contribution in [3.05, 3.63) is 65.5 Å². The molecule has 0 spiro atoms. The molecule has 144 valence electrons. The fraction of sp³-hybridized carbons (Fsp3) is 0.333. The Hall–Kier alpha value is -3.06. The van der Waals surface area contributed by atoms with Crippen molar-refractivity contribution in [2.24, 2.45) is 5.92 Å². The van der Waals surface area contributed by atoms with Crippen LogP contribution in [0.2, 0.25) is 0 Å². The minimum absolute atomic E-state index is 0.0179. The van der Waals surface area contributed by atoms with Gasteiger partial charge in [-0.15, -0.1) is 0 Å². The number of aromatic nitrogens is 1. The smallest absolute Gasteiger partial charge is 0.254 e. The van der Waals surface area contributed by atoms with Crippen LogP contribution in [0.25, 0.3) is 0 Å². The van der Waals surface area contributed by atoms with Crippen LogP contribution in [-0.2, 0) is 16.0 Å². The molecule has 2 saturated heterocycles. The summed E-state index contributed by atoms with van der Waals surface area (Å²) in [5, 5.41) is 5.67. The molecule has 0 radical (unpaired) electrons. The second-order valence-electron chi connectivity index (χ2n) is 7.22. The fourth-order valence-corrected chi connectivity index (χ4v) is 3.82. The number of benzene rings is 1. The maximum atomic E-state index is 13.1. The molecule has 0 aliphatic carbocycles. The van der Waals surface area contributed by atoms with Crippen LogP contribution in [0.1, 0.15) is 33.9 Å². The number of imide groups is 1. The average Bonchev–Trinajstić information content (AvgIpc) is 3.05. The zero-order valence-electron chi connectivity index (χ0n) is 15.4. The van der Waals surface area contributed by atoms with Crippen LogP contribution in [0.5, 0.6) is 0 Å². The number of pyridine rings is 1. The quantitative estimate of drug-likeness (QED) is 0.777. The Morgan fingerprint density at radius 2 is 2.00 bits per heavy atom. The maximum Gasteiger partial charge on any atom is 0.254 e. The molecule has 7 nitrogen and oxygen atoms in total. The fourth-order valence-electron chi connectivity index (χ4n) is 3.82. The number of nitrogens with one attached hydrogen (secondary N) is 2. The van der Waals surface area contributed by atoms with E-state index < -0.39 is 0 Å². The molecule has 3 heterocycles. The molecule has 2 fully saturated rings. The first-order valence-electron chi connectivity index (χ1n) is 9.46. The molecule has 1 aromatic carbocycles. The topological polar surface area (TPSA) is 91.4 Å². The maximum absolute atomic E-state index is 13.1. The van der Waals surface area contributed by atoms with E-state index in [0.29, 0.717) is 25.1 Å². The van der Waals surface area contributed by atoms with Crippen LogP contribution in [0.3, 0.4) is 0 Å². The van der Waals surface area contributed by atoms with Crippen molar-refractivity contribution in [2.45, 2.75) is 18.9 Å². The van der Waals surface area contributed by atoms with Gasteiger partial charge < -0.3 is 10.2 Å². The molecule has 7 heteroatoms. The lowest BCUT2D eigenvalue weighted by Gasteiger charge is -2.36. The average molecular weight is 378 g/mol. The van der Waals surface area contributed by atoms with E-state index in [1.165, 1.54) is 0 Å². The largest absolute Gasteiger partial charge is 0.329 e. The van der Waals surface area contributed by atoms with E-state index in [4.69, 9.17) is 0 Å². The second-order valence-corrected chi connectivity index (χ2v) is 7.22. The first-order valence-corrected chi connectivity index (χ1v) is 9.46. The molecule has 2 aromatic rings. The molecule has 0 bridgehead atoms. The molecule has 2 atom stereocenters. The number of carbonyl (C=O) groups is 3. The monoisotopic (exact) mass is 378 g/mol. The van der Waals surface area contributed by atoms with Gasteiger partial charge in [-0.05, 0) is 35.7 Å². The molecule has 4 rings (SSSR count). The summed E-state index contributed by atoms with van der Waals surface area (Å²) < 4.78 is 0. The van der Waals surface area contributed by atoms with Crippen molar-refractivity contribution in [3.8, 4) is 0 Å². The Bertz CT molecular complexity index is 882. The third-order valence-electron chi connectivity index (χ3n) is 5.32. The molecule has 0 saturated carbocycles. The highest BCUT2D eigenvalue weighted by atomic mass is 16.2. The highest BCUT2D eigenvalue weighted by Gasteiger charge is 2.31. The van der Waals surface area contributed by atoms with Gasteiger partial charge in [0.1, 0.15) is 0 Å². The number of amides is 3. The molecular weight excluding hydrogens is 356 g/mol. The Kier molecular flexibility index (Phi) is 5.16. The SMILES string of the molecule is O=C1CC(Cc2ccc(C(=O)N3CCNCC3c3cccnc3)cc2)C(=O)N1. The van der Waals surface area contributed by atoms with Gasteiger partial charge in [-0.1, -0.05) is 18.2 Å². The van der Waals surface area contributed by atoms with Gasteiger partial charge in [0.25, 0.3) is 5.91 Å². The third kappa shape index (κ3) is 3.80. The first kappa shape index (κ1) is 18.3. The number of hydrogen-bond acceptors (Lipinski definition) is 5. The van der Waals surface area contributed by atoms with Crippen LogP contribution < -0.4 is 10.6 Å². The van der Waals surface area contributed by atoms with Crippen molar-refractivity contribution in [3.63, 3.8) is 0 Å². The molecule has 2 aliphatic heterocycles. The Morgan fingerprint density at radius 1 is 1.18 bits per heavy atom. The lowest BCUT2D eigenvalue weighted by Crippen LogP contribution is -2.48. The van der Waals surface area contributed by atoms with E-state index in [-0.39, 0.29) is 36.1 Å². The van der Waals surface area contributed by atoms with Gasteiger partial charge >= 0.3 is 0 Å². The molecular formula is C21H22N4O3. The lowest BCUT2D eigenvalue weighted by atomic mass is 9.96. The number of nitrogens with zero attached hydrogens (tertiary/aromatic N) is 2. The van der Waals surface area contributed by atoms with Crippen LogP contribution in [0.15, 0.2) is 48.8 Å². The summed E-state index contributed by atoms with van der Waals surface area (Å²) in [5.74, 6) is -0.778. The van der Waals surface area contributed by atoms with E-state index in [0.717, 1.165) is 17.7 Å². The number of carbonyl (C=O) groups excluding carboxylic acids is 3. The van der Waals surface area contributed by atoms with E-state index in [1.807, 2.05) is 29.2 Å². The van der Waals surface area contributed by atoms with Gasteiger partial charge in [-0.2, -0.15) is 0 Å². The van der Waals surface area contributed by atoms with Crippen LogP contribution >= 0.6 is 0 Å². The van der Waals surface area contributed by atoms with E-state index in [2.05, 4.69) is 15.6 Å². The molecule has 2 aliphatic rings. The molecule has 2 unspecified atom stereocenters. The van der Waals surface area contributed by atoms with Gasteiger partial charge in [0.05, 0.1) is 12.0 Å². The van der Waals surface area contributed by atoms with E-state index in [9.17, 15) is 14.4 Å². The zero-order chi connectivity index (χ0) is 19.5. The molecule has 1 aromatic heterocycles. The van der Waals surface area contributed by atoms with Crippen molar-refractivity contribution < 1.29 is 14.4 Å². The molecule has 2 N–H and O–H groups in total. The number of hydrogen-bond donors (Lipinski definition) is 2. The summed E-state index contributed by atoms with van der Waals surface area (Å²) in [6.45, 7) is 2.08.